The summed E-state index contributed by atoms with van der Waals surface area (Å²) < 4.78 is 13.8. The molecular weight excluding hydrogens is 176 g/mol. The van der Waals surface area contributed by atoms with Gasteiger partial charge in [0.25, 0.3) is 0 Å². The smallest absolute Gasteiger partial charge is 0.329 e. The van der Waals surface area contributed by atoms with Gasteiger partial charge in [-0.2, -0.15) is 0 Å². The van der Waals surface area contributed by atoms with Crippen molar-refractivity contribution in [3.05, 3.63) is 12.7 Å². The first kappa shape index (κ1) is 13.9. The number of methoxy groups -OCH3 is 1. The second-order valence-corrected chi connectivity index (χ2v) is 3.84. The van der Waals surface area contributed by atoms with E-state index < -0.39 is 15.3 Å². The first-order valence-corrected chi connectivity index (χ1v) is 5.48. The van der Waals surface area contributed by atoms with E-state index in [1.54, 1.807) is 14.2 Å². The molecule has 0 fully saturated rings. The summed E-state index contributed by atoms with van der Waals surface area (Å²) in [4.78, 5) is 9.84. The summed E-state index contributed by atoms with van der Waals surface area (Å²) in [6.45, 7) is 5.13. The first-order valence-electron chi connectivity index (χ1n) is 3.38. The molecule has 0 aliphatic heterocycles. The largest absolute Gasteiger partial charge is 0.466 e. The van der Waals surface area contributed by atoms with Crippen LogP contribution in [0.2, 0.25) is 6.55 Å². The van der Waals surface area contributed by atoms with E-state index in [9.17, 15) is 4.79 Å². The molecule has 0 spiro atoms. The van der Waals surface area contributed by atoms with Crippen LogP contribution >= 0.6 is 0 Å². The number of carbonyl (C=O) groups excluding carboxylic acids is 1. The highest BCUT2D eigenvalue weighted by Crippen LogP contribution is 1.77. The molecular formula is C7H16O4Si. The molecule has 0 atom stereocenters. The van der Waals surface area contributed by atoms with Crippen LogP contribution in [0.3, 0.4) is 0 Å². The molecule has 0 saturated heterocycles. The van der Waals surface area contributed by atoms with E-state index in [-0.39, 0.29) is 0 Å². The lowest BCUT2D eigenvalue weighted by atomic mass is 10.7. The van der Waals surface area contributed by atoms with E-state index in [0.717, 1.165) is 6.08 Å². The maximum absolute atomic E-state index is 9.84. The highest BCUT2D eigenvalue weighted by molar-refractivity contribution is 6.42. The van der Waals surface area contributed by atoms with Crippen LogP contribution in [0.5, 0.6) is 0 Å². The van der Waals surface area contributed by atoms with Gasteiger partial charge in [-0.1, -0.05) is 6.58 Å². The predicted octanol–water partition coefficient (Wildman–Crippen LogP) is 0.475. The molecule has 0 amide bonds. The summed E-state index contributed by atoms with van der Waals surface area (Å²) in [6, 6.07) is 0. The molecule has 72 valence electrons. The Balaban J connectivity index is 0. The molecule has 5 heteroatoms. The van der Waals surface area contributed by atoms with E-state index in [0.29, 0.717) is 0 Å². The Hall–Kier alpha value is -0.653. The quantitative estimate of drug-likeness (QED) is 0.370. The molecule has 0 N–H and O–H groups in total. The summed E-state index contributed by atoms with van der Waals surface area (Å²) >= 11 is 0. The van der Waals surface area contributed by atoms with Crippen LogP contribution in [0.4, 0.5) is 0 Å². The molecule has 0 radical (unpaired) electrons. The van der Waals surface area contributed by atoms with Crippen molar-refractivity contribution in [1.29, 1.82) is 0 Å². The van der Waals surface area contributed by atoms with Gasteiger partial charge in [0.1, 0.15) is 0 Å². The van der Waals surface area contributed by atoms with Gasteiger partial charge >= 0.3 is 15.3 Å². The van der Waals surface area contributed by atoms with Gasteiger partial charge in [-0.15, -0.1) is 0 Å². The van der Waals surface area contributed by atoms with Crippen LogP contribution < -0.4 is 0 Å². The average Bonchev–Trinajstić information content (AvgIpc) is 2.16. The minimum absolute atomic E-state index is 0.394. The summed E-state index contributed by atoms with van der Waals surface area (Å²) in [5, 5.41) is 0. The molecule has 12 heavy (non-hydrogen) atoms. The lowest BCUT2D eigenvalue weighted by Crippen LogP contribution is -2.12. The van der Waals surface area contributed by atoms with Crippen molar-refractivity contribution in [2.45, 2.75) is 6.55 Å². The zero-order chi connectivity index (χ0) is 9.98. The third-order valence-corrected chi connectivity index (χ3v) is 2.36. The van der Waals surface area contributed by atoms with E-state index >= 15 is 0 Å². The third kappa shape index (κ3) is 12.1. The topological polar surface area (TPSA) is 44.8 Å². The predicted molar refractivity (Wildman–Crippen MR) is 49.2 cm³/mol. The van der Waals surface area contributed by atoms with Crippen molar-refractivity contribution in [1.82, 2.24) is 0 Å². The van der Waals surface area contributed by atoms with Crippen LogP contribution in [0, 0.1) is 0 Å². The van der Waals surface area contributed by atoms with Crippen LogP contribution in [0.1, 0.15) is 0 Å². The zero-order valence-corrected chi connectivity index (χ0v) is 9.15. The van der Waals surface area contributed by atoms with Gasteiger partial charge in [-0.3, -0.25) is 0 Å². The summed E-state index contributed by atoms with van der Waals surface area (Å²) in [5.41, 5.74) is 0. The van der Waals surface area contributed by atoms with E-state index in [1.165, 1.54) is 7.11 Å². The van der Waals surface area contributed by atoms with Crippen LogP contribution in [0.15, 0.2) is 12.7 Å². The fourth-order valence-electron chi connectivity index (χ4n) is 0.180. The number of ether oxygens (including phenoxy) is 1. The first-order chi connectivity index (χ1) is 5.62. The Labute approximate surface area is 75.0 Å². The molecule has 0 aliphatic rings. The van der Waals surface area contributed by atoms with Crippen molar-refractivity contribution in [3.8, 4) is 0 Å². The van der Waals surface area contributed by atoms with Crippen molar-refractivity contribution < 1.29 is 18.4 Å². The Kier molecular flexibility index (Phi) is 12.0. The Morgan fingerprint density at radius 3 is 1.75 bits per heavy atom. The minimum Gasteiger partial charge on any atom is -0.466 e. The Bertz CT molecular complexity index is 123. The molecule has 0 bridgehead atoms. The van der Waals surface area contributed by atoms with Crippen molar-refractivity contribution >= 4 is 15.3 Å². The fraction of sp³-hybridized carbons (Fsp3) is 0.571. The van der Waals surface area contributed by atoms with Crippen molar-refractivity contribution in [2.75, 3.05) is 21.3 Å². The Morgan fingerprint density at radius 1 is 1.33 bits per heavy atom. The molecule has 0 saturated carbocycles. The van der Waals surface area contributed by atoms with Gasteiger partial charge in [-0.25, -0.2) is 4.79 Å². The number of carbonyl (C=O) groups is 1. The zero-order valence-electron chi connectivity index (χ0n) is 7.99. The number of rotatable bonds is 3. The normalized spacial score (nSPS) is 8.42. The monoisotopic (exact) mass is 192 g/mol. The lowest BCUT2D eigenvalue weighted by Gasteiger charge is -2.00. The molecule has 0 unspecified atom stereocenters. The standard InChI is InChI=1S/C4H6O2.C3H10O2Si/c1-3-4(5)6-2;1-4-6(3)5-2/h3H,1H2,2H3;6H,1-3H3. The highest BCUT2D eigenvalue weighted by Gasteiger charge is 1.94. The molecule has 0 aromatic rings. The average molecular weight is 192 g/mol. The van der Waals surface area contributed by atoms with Gasteiger partial charge in [0.2, 0.25) is 0 Å². The van der Waals surface area contributed by atoms with Gasteiger partial charge in [-0.05, 0) is 6.55 Å². The molecule has 0 aliphatic carbocycles. The van der Waals surface area contributed by atoms with Gasteiger partial charge in [0, 0.05) is 20.3 Å². The van der Waals surface area contributed by atoms with E-state index in [4.69, 9.17) is 8.85 Å². The van der Waals surface area contributed by atoms with E-state index in [1.807, 2.05) is 6.55 Å². The van der Waals surface area contributed by atoms with Crippen LogP contribution in [-0.2, 0) is 18.4 Å². The van der Waals surface area contributed by atoms with Gasteiger partial charge in [0.05, 0.1) is 7.11 Å². The van der Waals surface area contributed by atoms with Crippen molar-refractivity contribution in [3.63, 3.8) is 0 Å². The minimum atomic E-state index is -1.16. The maximum atomic E-state index is 9.84. The second-order valence-electron chi connectivity index (χ2n) is 1.77. The third-order valence-electron chi connectivity index (χ3n) is 1.03. The van der Waals surface area contributed by atoms with Gasteiger partial charge in [0.15, 0.2) is 0 Å². The van der Waals surface area contributed by atoms with Crippen LogP contribution in [0.25, 0.3) is 0 Å². The number of esters is 1. The lowest BCUT2D eigenvalue weighted by molar-refractivity contribution is -0.134. The van der Waals surface area contributed by atoms with Crippen LogP contribution in [-0.4, -0.2) is 36.6 Å². The summed E-state index contributed by atoms with van der Waals surface area (Å²) in [7, 11) is 3.48. The molecule has 0 rings (SSSR count). The maximum Gasteiger partial charge on any atom is 0.329 e. The SMILES string of the molecule is C=CC(=O)OC.CO[SiH](C)OC. The highest BCUT2D eigenvalue weighted by atomic mass is 28.3. The molecule has 0 aromatic carbocycles. The molecule has 0 heterocycles. The van der Waals surface area contributed by atoms with Crippen molar-refractivity contribution in [2.24, 2.45) is 0 Å². The summed E-state index contributed by atoms with van der Waals surface area (Å²) in [6.07, 6.45) is 1.11. The Morgan fingerprint density at radius 2 is 1.75 bits per heavy atom. The molecule has 0 aromatic heterocycles. The molecule has 4 nitrogen and oxygen atoms in total. The van der Waals surface area contributed by atoms with Gasteiger partial charge < -0.3 is 13.6 Å². The fourth-order valence-corrected chi connectivity index (χ4v) is 0.372. The summed E-state index contributed by atoms with van der Waals surface area (Å²) in [5.74, 6) is -0.394. The van der Waals surface area contributed by atoms with E-state index in [2.05, 4.69) is 11.3 Å². The number of hydrogen-bond donors (Lipinski definition) is 0. The second kappa shape index (κ2) is 10.3. The number of hydrogen-bond acceptors (Lipinski definition) is 4.